The first-order valence-corrected chi connectivity index (χ1v) is 11.7. The number of fused-ring (bicyclic) bond motifs is 2. The third kappa shape index (κ3) is 3.44. The molecule has 0 saturated carbocycles. The zero-order chi connectivity index (χ0) is 25.0. The van der Waals surface area contributed by atoms with E-state index in [0.29, 0.717) is 21.6 Å². The van der Waals surface area contributed by atoms with E-state index in [4.69, 9.17) is 11.6 Å². The second-order valence-electron chi connectivity index (χ2n) is 8.71. The zero-order valence-corrected chi connectivity index (χ0v) is 20.2. The van der Waals surface area contributed by atoms with Crippen LogP contribution in [-0.2, 0) is 7.05 Å². The summed E-state index contributed by atoms with van der Waals surface area (Å²) in [5.74, 6) is 0. The molecule has 0 aliphatic rings. The molecule has 6 rings (SSSR count). The number of nitrogens with zero attached hydrogens (tertiary/aromatic N) is 4. The van der Waals surface area contributed by atoms with Crippen LogP contribution in [0.25, 0.3) is 49.7 Å². The molecule has 1 N–H and O–H groups in total. The van der Waals surface area contributed by atoms with Gasteiger partial charge in [0.1, 0.15) is 0 Å². The lowest BCUT2D eigenvalue weighted by Crippen LogP contribution is -2.33. The number of hydrogen-bond donors (Lipinski definition) is 1. The van der Waals surface area contributed by atoms with Crippen molar-refractivity contribution in [1.29, 1.82) is 0 Å². The molecule has 0 unspecified atom stereocenters. The van der Waals surface area contributed by atoms with Crippen LogP contribution in [0.2, 0.25) is 5.02 Å². The number of H-pyrrole nitrogens is 1. The van der Waals surface area contributed by atoms with Crippen LogP contribution < -0.4 is 11.2 Å². The second kappa shape index (κ2) is 8.32. The van der Waals surface area contributed by atoms with Gasteiger partial charge in [0.2, 0.25) is 0 Å². The molecule has 0 bridgehead atoms. The van der Waals surface area contributed by atoms with Gasteiger partial charge in [-0.3, -0.25) is 14.5 Å². The van der Waals surface area contributed by atoms with Gasteiger partial charge in [-0.05, 0) is 36.2 Å². The number of aromatic amines is 1. The van der Waals surface area contributed by atoms with Crippen LogP contribution in [-0.4, -0.2) is 24.3 Å². The Hall–Kier alpha value is -4.49. The Morgan fingerprint density at radius 1 is 0.944 bits per heavy atom. The first kappa shape index (κ1) is 22.0. The highest BCUT2D eigenvalue weighted by Gasteiger charge is 2.18. The van der Waals surface area contributed by atoms with Crippen molar-refractivity contribution in [3.8, 4) is 28.1 Å². The molecule has 7 nitrogen and oxygen atoms in total. The van der Waals surface area contributed by atoms with Crippen LogP contribution in [0.1, 0.15) is 5.56 Å². The Labute approximate surface area is 210 Å². The topological polar surface area (TPSA) is 85.6 Å². The number of aromatic nitrogens is 5. The van der Waals surface area contributed by atoms with Gasteiger partial charge in [0, 0.05) is 46.4 Å². The van der Waals surface area contributed by atoms with Crippen LogP contribution >= 0.6 is 11.6 Å². The minimum Gasteiger partial charge on any atom is -0.306 e. The van der Waals surface area contributed by atoms with Crippen LogP contribution in [0.15, 0.2) is 88.8 Å². The molecule has 0 spiro atoms. The van der Waals surface area contributed by atoms with Crippen molar-refractivity contribution >= 4 is 33.3 Å². The highest BCUT2D eigenvalue weighted by Crippen LogP contribution is 2.38. The van der Waals surface area contributed by atoms with Gasteiger partial charge in [-0.2, -0.15) is 5.10 Å². The molecule has 0 amide bonds. The maximum Gasteiger partial charge on any atom is 0.333 e. The van der Waals surface area contributed by atoms with Crippen LogP contribution in [0.3, 0.4) is 0 Å². The number of halogens is 1. The zero-order valence-electron chi connectivity index (χ0n) is 19.5. The molecule has 8 heteroatoms. The van der Waals surface area contributed by atoms with Gasteiger partial charge >= 0.3 is 5.69 Å². The number of benzene rings is 3. The molecule has 0 aliphatic heterocycles. The Morgan fingerprint density at radius 3 is 2.58 bits per heavy atom. The molecule has 3 heterocycles. The minimum absolute atomic E-state index is 0.383. The molecule has 0 fully saturated rings. The maximum absolute atomic E-state index is 13.5. The van der Waals surface area contributed by atoms with Crippen molar-refractivity contribution in [3.63, 3.8) is 0 Å². The van der Waals surface area contributed by atoms with Crippen molar-refractivity contribution in [1.82, 2.24) is 24.3 Å². The highest BCUT2D eigenvalue weighted by atomic mass is 35.5. The molecule has 176 valence electrons. The average Bonchev–Trinajstić information content (AvgIpc) is 3.21. The Balaban J connectivity index is 1.57. The summed E-state index contributed by atoms with van der Waals surface area (Å²) in [4.78, 5) is 33.8. The Morgan fingerprint density at radius 2 is 1.78 bits per heavy atom. The van der Waals surface area contributed by atoms with E-state index in [-0.39, 0.29) is 0 Å². The van der Waals surface area contributed by atoms with Gasteiger partial charge in [0.05, 0.1) is 28.5 Å². The van der Waals surface area contributed by atoms with E-state index in [9.17, 15) is 9.59 Å². The SMILES string of the molecule is Cc1cn(C)nc1-c1cccc(Cl)c1-c1ccc2c(=O)n(-c3cncc4ccccc34)c(=O)[nH]c2c1. The van der Waals surface area contributed by atoms with Crippen molar-refractivity contribution in [2.75, 3.05) is 0 Å². The van der Waals surface area contributed by atoms with Crippen molar-refractivity contribution in [3.05, 3.63) is 111 Å². The lowest BCUT2D eigenvalue weighted by molar-refractivity contribution is 0.770. The van der Waals surface area contributed by atoms with Gasteiger partial charge in [-0.1, -0.05) is 54.1 Å². The summed E-state index contributed by atoms with van der Waals surface area (Å²) in [6.45, 7) is 2.00. The molecular weight excluding hydrogens is 474 g/mol. The lowest BCUT2D eigenvalue weighted by Gasteiger charge is -2.13. The van der Waals surface area contributed by atoms with E-state index in [1.807, 2.05) is 68.7 Å². The van der Waals surface area contributed by atoms with E-state index in [1.165, 1.54) is 6.20 Å². The summed E-state index contributed by atoms with van der Waals surface area (Å²) in [6, 6.07) is 18.5. The smallest absolute Gasteiger partial charge is 0.306 e. The fraction of sp³-hybridized carbons (Fsp3) is 0.0714. The maximum atomic E-state index is 13.5. The summed E-state index contributed by atoms with van der Waals surface area (Å²) in [5.41, 5.74) is 4.17. The fourth-order valence-electron chi connectivity index (χ4n) is 4.76. The monoisotopic (exact) mass is 493 g/mol. The normalized spacial score (nSPS) is 11.4. The largest absolute Gasteiger partial charge is 0.333 e. The third-order valence-corrected chi connectivity index (χ3v) is 6.67. The molecule has 0 aliphatic carbocycles. The quantitative estimate of drug-likeness (QED) is 0.364. The van der Waals surface area contributed by atoms with E-state index in [1.54, 1.807) is 23.0 Å². The van der Waals surface area contributed by atoms with Crippen molar-refractivity contribution in [2.45, 2.75) is 6.92 Å². The van der Waals surface area contributed by atoms with E-state index in [2.05, 4.69) is 15.1 Å². The molecule has 0 atom stereocenters. The van der Waals surface area contributed by atoms with Crippen molar-refractivity contribution < 1.29 is 0 Å². The van der Waals surface area contributed by atoms with Crippen LogP contribution in [0.4, 0.5) is 0 Å². The molecular formula is C28H20ClN5O2. The third-order valence-electron chi connectivity index (χ3n) is 6.35. The van der Waals surface area contributed by atoms with E-state index < -0.39 is 11.2 Å². The number of rotatable bonds is 3. The number of aryl methyl sites for hydroxylation is 2. The predicted molar refractivity (Wildman–Crippen MR) is 143 cm³/mol. The average molecular weight is 494 g/mol. The number of nitrogens with one attached hydrogen (secondary N) is 1. The van der Waals surface area contributed by atoms with Gasteiger partial charge in [-0.25, -0.2) is 9.36 Å². The highest BCUT2D eigenvalue weighted by molar-refractivity contribution is 6.34. The first-order chi connectivity index (χ1) is 17.4. The number of hydrogen-bond acceptors (Lipinski definition) is 4. The lowest BCUT2D eigenvalue weighted by atomic mass is 9.95. The summed E-state index contributed by atoms with van der Waals surface area (Å²) in [7, 11) is 1.87. The van der Waals surface area contributed by atoms with Gasteiger partial charge in [-0.15, -0.1) is 0 Å². The van der Waals surface area contributed by atoms with Gasteiger partial charge in [0.15, 0.2) is 0 Å². The fourth-order valence-corrected chi connectivity index (χ4v) is 5.04. The molecule has 6 aromatic rings. The molecule has 0 saturated heterocycles. The minimum atomic E-state index is -0.539. The number of pyridine rings is 1. The molecule has 3 aromatic heterocycles. The Kier molecular flexibility index (Phi) is 5.09. The summed E-state index contributed by atoms with van der Waals surface area (Å²) in [5, 5.41) is 7.15. The standard InChI is InChI=1S/C28H20ClN5O2/c1-16-15-33(2)32-26(16)21-8-5-9-22(29)25(21)17-10-11-20-23(12-17)31-28(36)34(27(20)35)24-14-30-13-18-6-3-4-7-19(18)24/h3-15H,1-2H3,(H,31,36). The summed E-state index contributed by atoms with van der Waals surface area (Å²) >= 11 is 6.67. The van der Waals surface area contributed by atoms with Crippen molar-refractivity contribution in [2.24, 2.45) is 7.05 Å². The summed E-state index contributed by atoms with van der Waals surface area (Å²) < 4.78 is 2.90. The van der Waals surface area contributed by atoms with Crippen LogP contribution in [0.5, 0.6) is 0 Å². The summed E-state index contributed by atoms with van der Waals surface area (Å²) in [6.07, 6.45) is 5.18. The van der Waals surface area contributed by atoms with Crippen LogP contribution in [0, 0.1) is 6.92 Å². The van der Waals surface area contributed by atoms with E-state index in [0.717, 1.165) is 43.3 Å². The van der Waals surface area contributed by atoms with Gasteiger partial charge < -0.3 is 4.98 Å². The van der Waals surface area contributed by atoms with E-state index >= 15 is 0 Å². The molecule has 0 radical (unpaired) electrons. The molecule has 3 aromatic carbocycles. The predicted octanol–water partition coefficient (Wildman–Crippen LogP) is 5.26. The Bertz CT molecular complexity index is 1930. The molecule has 36 heavy (non-hydrogen) atoms. The first-order valence-electron chi connectivity index (χ1n) is 11.3. The van der Waals surface area contributed by atoms with Gasteiger partial charge in [0.25, 0.3) is 5.56 Å². The second-order valence-corrected chi connectivity index (χ2v) is 9.11.